The molecule has 1 saturated carbocycles. The number of amides is 3. The smallest absolute Gasteiger partial charge is 0.329 e. The maximum atomic E-state index is 14.3. The summed E-state index contributed by atoms with van der Waals surface area (Å²) in [4.78, 5) is 62.9. The zero-order chi connectivity index (χ0) is 42.6. The van der Waals surface area contributed by atoms with Gasteiger partial charge < -0.3 is 19.9 Å². The van der Waals surface area contributed by atoms with Crippen molar-refractivity contribution in [3.05, 3.63) is 70.2 Å². The highest BCUT2D eigenvalue weighted by Crippen LogP contribution is 2.37. The van der Waals surface area contributed by atoms with E-state index in [2.05, 4.69) is 47.4 Å². The van der Waals surface area contributed by atoms with E-state index in [0.717, 1.165) is 70.6 Å². The van der Waals surface area contributed by atoms with Crippen LogP contribution < -0.4 is 21.2 Å². The molecule has 3 unspecified atom stereocenters. The molecule has 4 aliphatic heterocycles. The van der Waals surface area contributed by atoms with Crippen LogP contribution in [0.25, 0.3) is 16.7 Å². The van der Waals surface area contributed by atoms with Gasteiger partial charge in [0.2, 0.25) is 11.8 Å². The number of piperidine rings is 1. The number of hydrogen-bond acceptors (Lipinski definition) is 11. The van der Waals surface area contributed by atoms with E-state index >= 15 is 0 Å². The van der Waals surface area contributed by atoms with E-state index in [1.165, 1.54) is 26.0 Å². The predicted octanol–water partition coefficient (Wildman–Crippen LogP) is 3.12. The van der Waals surface area contributed by atoms with E-state index in [0.29, 0.717) is 47.9 Å². The third kappa shape index (κ3) is 7.43. The van der Waals surface area contributed by atoms with Crippen molar-refractivity contribution < 1.29 is 27.9 Å². The van der Waals surface area contributed by atoms with E-state index in [-0.39, 0.29) is 53.8 Å². The molecule has 17 nitrogen and oxygen atoms in total. The number of para-hydroxylation sites is 1. The van der Waals surface area contributed by atoms with Gasteiger partial charge >= 0.3 is 5.69 Å². The standard InChI is InChI=1S/C43H48F2N12O5/c1-51-38-27(4-2-6-33(38)57(43(51)61)34-11-12-36(58)49-42(34)60)5-3-14-52-16-18-53(19-17-52)22-26-7-9-28(10-8-26)55-23-32(37(50-55)39(44)45)47-41(59)31-21-46-54-15-13-35(48-40(31)54)56-29-20-30(56)25-62-24-29/h2,4,6,13,15,21,23,26,28-30,34,39H,7-12,14,16-20,22,24-25H2,1H3,(H,47,59)(H,49,58,60)/t26-,28-,29?,30?,34?. The van der Waals surface area contributed by atoms with Gasteiger partial charge in [0.05, 0.1) is 66.4 Å². The van der Waals surface area contributed by atoms with Gasteiger partial charge in [0.1, 0.15) is 17.4 Å². The Labute approximate surface area is 355 Å². The summed E-state index contributed by atoms with van der Waals surface area (Å²) in [5.74, 6) is 6.42. The topological polar surface area (TPSA) is 169 Å². The van der Waals surface area contributed by atoms with Crippen molar-refractivity contribution in [2.24, 2.45) is 13.0 Å². The van der Waals surface area contributed by atoms with Crippen LogP contribution in [-0.4, -0.2) is 126 Å². The van der Waals surface area contributed by atoms with Gasteiger partial charge in [-0.05, 0) is 62.6 Å². The van der Waals surface area contributed by atoms with Crippen molar-refractivity contribution in [1.29, 1.82) is 0 Å². The number of piperazine rings is 1. The first-order valence-electron chi connectivity index (χ1n) is 21.5. The number of benzene rings is 1. The fourth-order valence-corrected chi connectivity index (χ4v) is 10.0. The van der Waals surface area contributed by atoms with Gasteiger partial charge in [0.15, 0.2) is 11.3 Å². The molecule has 5 aliphatic rings. The van der Waals surface area contributed by atoms with Crippen LogP contribution in [0.15, 0.2) is 47.7 Å². The summed E-state index contributed by atoms with van der Waals surface area (Å²) in [6.45, 7) is 6.40. The number of imide groups is 1. The normalized spacial score (nSPS) is 24.6. The molecule has 4 saturated heterocycles. The van der Waals surface area contributed by atoms with Crippen LogP contribution in [0.2, 0.25) is 0 Å². The van der Waals surface area contributed by atoms with Crippen molar-refractivity contribution in [2.75, 3.05) is 62.7 Å². The number of alkyl halides is 2. The lowest BCUT2D eigenvalue weighted by Crippen LogP contribution is -2.64. The number of nitrogens with zero attached hydrogens (tertiary/aromatic N) is 10. The molecule has 62 heavy (non-hydrogen) atoms. The van der Waals surface area contributed by atoms with Crippen molar-refractivity contribution in [3.63, 3.8) is 0 Å². The van der Waals surface area contributed by atoms with E-state index in [1.54, 1.807) is 17.9 Å². The number of fused-ring (bicyclic) bond motifs is 4. The first-order chi connectivity index (χ1) is 30.1. The molecular formula is C43H48F2N12O5. The summed E-state index contributed by atoms with van der Waals surface area (Å²) in [7, 11) is 1.68. The molecule has 5 fully saturated rings. The number of carbonyl (C=O) groups is 3. The SMILES string of the molecule is Cn1c(=O)n(C2CCC(=O)NC2=O)c2cccc(C#CCN3CCN(C[C@H]4CC[C@H](n5cc(NC(=O)c6cnn7ccc(N8C9COCC8C9)nc67)c(C(F)F)n5)CC4)CC3)c21. The van der Waals surface area contributed by atoms with Gasteiger partial charge in [-0.25, -0.2) is 23.1 Å². The first kappa shape index (κ1) is 40.1. The van der Waals surface area contributed by atoms with Crippen molar-refractivity contribution >= 4 is 45.9 Å². The van der Waals surface area contributed by atoms with E-state index in [9.17, 15) is 28.0 Å². The zero-order valence-electron chi connectivity index (χ0n) is 34.4. The van der Waals surface area contributed by atoms with Crippen molar-refractivity contribution in [1.82, 2.24) is 48.6 Å². The summed E-state index contributed by atoms with van der Waals surface area (Å²) in [6, 6.07) is 7.09. The number of aryl methyl sites for hydroxylation is 1. The third-order valence-corrected chi connectivity index (χ3v) is 13.4. The number of nitrogens with one attached hydrogen (secondary N) is 2. The Hall–Kier alpha value is -5.97. The monoisotopic (exact) mass is 850 g/mol. The molecule has 3 amide bonds. The number of carbonyl (C=O) groups excluding carboxylic acids is 3. The Balaban J connectivity index is 0.719. The van der Waals surface area contributed by atoms with Gasteiger partial charge in [-0.1, -0.05) is 17.9 Å². The molecule has 0 radical (unpaired) electrons. The van der Waals surface area contributed by atoms with Crippen LogP contribution in [0, 0.1) is 17.8 Å². The second-order valence-electron chi connectivity index (χ2n) is 17.2. The van der Waals surface area contributed by atoms with Crippen LogP contribution in [0.5, 0.6) is 0 Å². The highest BCUT2D eigenvalue weighted by molar-refractivity contribution is 6.08. The highest BCUT2D eigenvalue weighted by atomic mass is 19.3. The second-order valence-corrected chi connectivity index (χ2v) is 17.2. The minimum atomic E-state index is -2.86. The average molecular weight is 851 g/mol. The number of ether oxygens (including phenoxy) is 1. The van der Waals surface area contributed by atoms with E-state index in [4.69, 9.17) is 9.72 Å². The van der Waals surface area contributed by atoms with Gasteiger partial charge in [-0.15, -0.1) is 0 Å². The molecule has 10 rings (SSSR count). The number of imidazole rings is 1. The van der Waals surface area contributed by atoms with Crippen molar-refractivity contribution in [3.8, 4) is 11.8 Å². The molecule has 324 valence electrons. The van der Waals surface area contributed by atoms with E-state index in [1.807, 2.05) is 24.3 Å². The van der Waals surface area contributed by atoms with Gasteiger partial charge in [0.25, 0.3) is 12.3 Å². The molecule has 1 aliphatic carbocycles. The number of aromatic nitrogens is 7. The van der Waals surface area contributed by atoms with Crippen LogP contribution in [-0.2, 0) is 21.4 Å². The van der Waals surface area contributed by atoms with Gasteiger partial charge in [0, 0.05) is 58.6 Å². The maximum Gasteiger partial charge on any atom is 0.329 e. The quantitative estimate of drug-likeness (QED) is 0.165. The Kier molecular flexibility index (Phi) is 10.6. The number of hydrogen-bond donors (Lipinski definition) is 2. The molecular weight excluding hydrogens is 803 g/mol. The number of rotatable bonds is 9. The van der Waals surface area contributed by atoms with E-state index < -0.39 is 30.0 Å². The fourth-order valence-electron chi connectivity index (χ4n) is 10.0. The summed E-state index contributed by atoms with van der Waals surface area (Å²) in [5.41, 5.74) is 1.75. The molecule has 1 aromatic carbocycles. The summed E-state index contributed by atoms with van der Waals surface area (Å²) in [5, 5.41) is 13.6. The van der Waals surface area contributed by atoms with Gasteiger partial charge in [-0.2, -0.15) is 10.2 Å². The van der Waals surface area contributed by atoms with Crippen LogP contribution in [0.1, 0.15) is 85.1 Å². The summed E-state index contributed by atoms with van der Waals surface area (Å²) >= 11 is 0. The van der Waals surface area contributed by atoms with Gasteiger partial charge in [-0.3, -0.25) is 38.4 Å². The lowest BCUT2D eigenvalue weighted by Gasteiger charge is -2.53. The van der Waals surface area contributed by atoms with Crippen LogP contribution in [0.3, 0.4) is 0 Å². The summed E-state index contributed by atoms with van der Waals surface area (Å²) in [6.07, 6.45) is 6.83. The largest absolute Gasteiger partial charge is 0.377 e. The molecule has 2 bridgehead atoms. The molecule has 2 N–H and O–H groups in total. The highest BCUT2D eigenvalue weighted by Gasteiger charge is 2.43. The minimum absolute atomic E-state index is 0.00819. The molecule has 19 heteroatoms. The Bertz CT molecular complexity index is 2660. The minimum Gasteiger partial charge on any atom is -0.377 e. The number of morpholine rings is 1. The van der Waals surface area contributed by atoms with Crippen LogP contribution in [0.4, 0.5) is 20.3 Å². The zero-order valence-corrected chi connectivity index (χ0v) is 34.4. The lowest BCUT2D eigenvalue weighted by atomic mass is 9.85. The average Bonchev–Trinajstić information content (AvgIpc) is 3.96. The molecule has 8 heterocycles. The predicted molar refractivity (Wildman–Crippen MR) is 223 cm³/mol. The molecule has 0 spiro atoms. The number of halogens is 2. The van der Waals surface area contributed by atoms with Crippen molar-refractivity contribution in [2.45, 2.75) is 75.5 Å². The Morgan fingerprint density at radius 1 is 1.00 bits per heavy atom. The fraction of sp³-hybridized carbons (Fsp3) is 0.512. The molecule has 4 aromatic heterocycles. The lowest BCUT2D eigenvalue weighted by molar-refractivity contribution is -0.135. The maximum absolute atomic E-state index is 14.3. The second kappa shape index (κ2) is 16.4. The molecule has 5 aromatic rings. The third-order valence-electron chi connectivity index (χ3n) is 13.4. The first-order valence-corrected chi connectivity index (χ1v) is 21.5. The number of anilines is 2. The molecule has 3 atom stereocenters. The Morgan fingerprint density at radius 3 is 2.52 bits per heavy atom. The van der Waals surface area contributed by atoms with Crippen LogP contribution >= 0.6 is 0 Å². The summed E-state index contributed by atoms with van der Waals surface area (Å²) < 4.78 is 40.3. The Morgan fingerprint density at radius 2 is 1.77 bits per heavy atom.